The molecule has 3 amide bonds. The van der Waals surface area contributed by atoms with Crippen molar-refractivity contribution in [2.75, 3.05) is 13.1 Å². The summed E-state index contributed by atoms with van der Waals surface area (Å²) in [4.78, 5) is 55.0. The van der Waals surface area contributed by atoms with Gasteiger partial charge in [-0.15, -0.1) is 0 Å². The summed E-state index contributed by atoms with van der Waals surface area (Å²) in [7, 11) is 0. The Morgan fingerprint density at radius 3 is 2.22 bits per heavy atom. The van der Waals surface area contributed by atoms with E-state index in [0.29, 0.717) is 25.8 Å². The predicted molar refractivity (Wildman–Crippen MR) is 155 cm³/mol. The highest BCUT2D eigenvalue weighted by Crippen LogP contribution is 2.22. The highest BCUT2D eigenvalue weighted by molar-refractivity contribution is 5.94. The van der Waals surface area contributed by atoms with Crippen LogP contribution < -0.4 is 16.0 Å². The topological polar surface area (TPSA) is 117 Å². The van der Waals surface area contributed by atoms with Gasteiger partial charge in [0.25, 0.3) is 0 Å². The number of amides is 3. The van der Waals surface area contributed by atoms with Crippen molar-refractivity contribution in [2.24, 2.45) is 5.92 Å². The van der Waals surface area contributed by atoms with E-state index in [0.717, 1.165) is 30.5 Å². The molecule has 2 aromatic carbocycles. The second kappa shape index (κ2) is 14.8. The van der Waals surface area contributed by atoms with Crippen LogP contribution in [-0.4, -0.2) is 65.8 Å². The average molecular weight is 563 g/mol. The lowest BCUT2D eigenvalue weighted by molar-refractivity contribution is -0.155. The normalized spacial score (nSPS) is 19.9. The monoisotopic (exact) mass is 562 g/mol. The number of likely N-dealkylation sites (tertiary alicyclic amines) is 1. The minimum absolute atomic E-state index is 0.134. The zero-order chi connectivity index (χ0) is 29.2. The predicted octanol–water partition coefficient (Wildman–Crippen LogP) is 2.73. The van der Waals surface area contributed by atoms with Crippen LogP contribution in [0.3, 0.4) is 0 Å². The van der Waals surface area contributed by atoms with Crippen LogP contribution in [0.4, 0.5) is 0 Å². The van der Waals surface area contributed by atoms with E-state index < -0.39 is 30.0 Å². The van der Waals surface area contributed by atoms with Crippen molar-refractivity contribution in [2.45, 2.75) is 83.1 Å². The Labute approximate surface area is 242 Å². The summed E-state index contributed by atoms with van der Waals surface area (Å²) < 4.78 is 5.57. The maximum Gasteiger partial charge on any atom is 0.329 e. The Balaban J connectivity index is 1.48. The first-order chi connectivity index (χ1) is 19.8. The van der Waals surface area contributed by atoms with Crippen LogP contribution in [0.25, 0.3) is 0 Å². The molecule has 220 valence electrons. The molecule has 2 fully saturated rings. The third-order valence-corrected chi connectivity index (χ3v) is 7.65. The van der Waals surface area contributed by atoms with Gasteiger partial charge in [0.15, 0.2) is 0 Å². The van der Waals surface area contributed by atoms with E-state index in [-0.39, 0.29) is 36.8 Å². The van der Waals surface area contributed by atoms with Gasteiger partial charge in [0.2, 0.25) is 17.7 Å². The number of rotatable bonds is 12. The van der Waals surface area contributed by atoms with E-state index in [2.05, 4.69) is 16.0 Å². The number of esters is 1. The average Bonchev–Trinajstić information content (AvgIpc) is 3.69. The summed E-state index contributed by atoms with van der Waals surface area (Å²) in [6.45, 7) is 5.29. The molecule has 9 heteroatoms. The minimum atomic E-state index is -0.899. The van der Waals surface area contributed by atoms with Gasteiger partial charge < -0.3 is 25.6 Å². The van der Waals surface area contributed by atoms with Crippen LogP contribution in [-0.2, 0) is 36.9 Å². The van der Waals surface area contributed by atoms with Crippen LogP contribution in [0, 0.1) is 5.92 Å². The minimum Gasteiger partial charge on any atom is -0.459 e. The number of carbonyl (C=O) groups excluding carboxylic acids is 4. The molecule has 3 N–H and O–H groups in total. The molecule has 2 saturated heterocycles. The number of hydrogen-bond acceptors (Lipinski definition) is 6. The maximum absolute atomic E-state index is 14.0. The molecule has 2 aliphatic rings. The molecule has 41 heavy (non-hydrogen) atoms. The van der Waals surface area contributed by atoms with E-state index in [1.54, 1.807) is 4.90 Å². The molecule has 0 spiro atoms. The Bertz CT molecular complexity index is 1170. The van der Waals surface area contributed by atoms with Crippen molar-refractivity contribution in [3.63, 3.8) is 0 Å². The van der Waals surface area contributed by atoms with Gasteiger partial charge in [-0.1, -0.05) is 74.5 Å². The fraction of sp³-hybridized carbons (Fsp3) is 0.500. The van der Waals surface area contributed by atoms with E-state index in [9.17, 15) is 19.2 Å². The summed E-state index contributed by atoms with van der Waals surface area (Å²) in [5.41, 5.74) is 1.75. The molecule has 0 radical (unpaired) electrons. The molecule has 0 saturated carbocycles. The number of benzene rings is 2. The lowest BCUT2D eigenvalue weighted by Gasteiger charge is -2.30. The maximum atomic E-state index is 14.0. The van der Waals surface area contributed by atoms with E-state index >= 15 is 0 Å². The zero-order valence-electron chi connectivity index (χ0n) is 24.0. The molecule has 0 aromatic heterocycles. The summed E-state index contributed by atoms with van der Waals surface area (Å²) in [6, 6.07) is 16.2. The standard InChI is InChI=1S/C32H42N4O5/c1-22(2)19-26(34-29(37)25-15-9-17-33-25)30(38)35-27(20-23-11-5-3-6-12-23)31(39)36-18-10-16-28(36)32(40)41-21-24-13-7-4-8-14-24/h3-8,11-14,22,25-28,33H,9-10,15-21H2,1-2H3,(H,34,37)(H,35,38)/t25-,26-,27-,28-/m0/s1. The highest BCUT2D eigenvalue weighted by atomic mass is 16.5. The summed E-state index contributed by atoms with van der Waals surface area (Å²) in [5, 5.41) is 9.03. The molecule has 2 aliphatic heterocycles. The van der Waals surface area contributed by atoms with Crippen molar-refractivity contribution in [3.8, 4) is 0 Å². The summed E-state index contributed by atoms with van der Waals surface area (Å²) in [5.74, 6) is -1.23. The first-order valence-electron chi connectivity index (χ1n) is 14.7. The van der Waals surface area contributed by atoms with E-state index in [1.165, 1.54) is 0 Å². The van der Waals surface area contributed by atoms with Crippen LogP contribution in [0.15, 0.2) is 60.7 Å². The van der Waals surface area contributed by atoms with Gasteiger partial charge in [-0.3, -0.25) is 14.4 Å². The number of ether oxygens (including phenoxy) is 1. The van der Waals surface area contributed by atoms with Crippen molar-refractivity contribution in [1.29, 1.82) is 0 Å². The van der Waals surface area contributed by atoms with Crippen LogP contribution in [0.1, 0.15) is 57.1 Å². The molecule has 0 unspecified atom stereocenters. The van der Waals surface area contributed by atoms with Gasteiger partial charge in [0, 0.05) is 13.0 Å². The van der Waals surface area contributed by atoms with Gasteiger partial charge >= 0.3 is 5.97 Å². The molecule has 4 atom stereocenters. The molecule has 4 rings (SSSR count). The molecular weight excluding hydrogens is 520 g/mol. The largest absolute Gasteiger partial charge is 0.459 e. The Kier molecular flexibility index (Phi) is 10.9. The Hall–Kier alpha value is -3.72. The molecular formula is C32H42N4O5. The second-order valence-electron chi connectivity index (χ2n) is 11.4. The van der Waals surface area contributed by atoms with Crippen molar-refractivity contribution < 1.29 is 23.9 Å². The lowest BCUT2D eigenvalue weighted by atomic mass is 10.00. The second-order valence-corrected chi connectivity index (χ2v) is 11.4. The zero-order valence-corrected chi connectivity index (χ0v) is 24.0. The van der Waals surface area contributed by atoms with Gasteiger partial charge in [0.05, 0.1) is 6.04 Å². The molecule has 2 aromatic rings. The van der Waals surface area contributed by atoms with Gasteiger partial charge in [0.1, 0.15) is 24.7 Å². The highest BCUT2D eigenvalue weighted by Gasteiger charge is 2.39. The fourth-order valence-corrected chi connectivity index (χ4v) is 5.51. The van der Waals surface area contributed by atoms with Gasteiger partial charge in [-0.2, -0.15) is 0 Å². The first-order valence-corrected chi connectivity index (χ1v) is 14.7. The van der Waals surface area contributed by atoms with Gasteiger partial charge in [-0.25, -0.2) is 4.79 Å². The number of carbonyl (C=O) groups is 4. The summed E-state index contributed by atoms with van der Waals surface area (Å²) in [6.07, 6.45) is 3.52. The summed E-state index contributed by atoms with van der Waals surface area (Å²) >= 11 is 0. The smallest absolute Gasteiger partial charge is 0.329 e. The molecule has 9 nitrogen and oxygen atoms in total. The van der Waals surface area contributed by atoms with Crippen LogP contribution >= 0.6 is 0 Å². The molecule has 0 bridgehead atoms. The third kappa shape index (κ3) is 8.63. The van der Waals surface area contributed by atoms with E-state index in [4.69, 9.17) is 4.74 Å². The fourth-order valence-electron chi connectivity index (χ4n) is 5.51. The van der Waals surface area contributed by atoms with E-state index in [1.807, 2.05) is 74.5 Å². The number of nitrogens with zero attached hydrogens (tertiary/aromatic N) is 1. The van der Waals surface area contributed by atoms with Gasteiger partial charge in [-0.05, 0) is 55.7 Å². The van der Waals surface area contributed by atoms with Crippen molar-refractivity contribution >= 4 is 23.7 Å². The van der Waals surface area contributed by atoms with Crippen molar-refractivity contribution in [1.82, 2.24) is 20.9 Å². The third-order valence-electron chi connectivity index (χ3n) is 7.65. The Morgan fingerprint density at radius 2 is 1.59 bits per heavy atom. The van der Waals surface area contributed by atoms with Crippen LogP contribution in [0.2, 0.25) is 0 Å². The Morgan fingerprint density at radius 1 is 0.902 bits per heavy atom. The number of nitrogens with one attached hydrogen (secondary N) is 3. The first kappa shape index (κ1) is 30.2. The molecule has 2 heterocycles. The van der Waals surface area contributed by atoms with Crippen LogP contribution in [0.5, 0.6) is 0 Å². The number of hydrogen-bond donors (Lipinski definition) is 3. The quantitative estimate of drug-likeness (QED) is 0.343. The SMILES string of the molecule is CC(C)C[C@H](NC(=O)[C@@H]1CCCN1)C(=O)N[C@@H](Cc1ccccc1)C(=O)N1CCC[C@H]1C(=O)OCc1ccccc1. The van der Waals surface area contributed by atoms with Crippen molar-refractivity contribution in [3.05, 3.63) is 71.8 Å². The lowest BCUT2D eigenvalue weighted by Crippen LogP contribution is -2.58. The molecule has 0 aliphatic carbocycles.